The molecule has 3 atom stereocenters. The predicted octanol–water partition coefficient (Wildman–Crippen LogP) is 4.95. The third-order valence-electron chi connectivity index (χ3n) is 9.05. The van der Waals surface area contributed by atoms with Gasteiger partial charge in [-0.05, 0) is 61.8 Å². The molecule has 1 aromatic heterocycles. The molecule has 0 spiro atoms. The van der Waals surface area contributed by atoms with Crippen LogP contribution in [-0.4, -0.2) is 76.1 Å². The number of imidazole rings is 1. The van der Waals surface area contributed by atoms with Crippen molar-refractivity contribution < 1.29 is 9.84 Å². The number of morpholine rings is 1. The van der Waals surface area contributed by atoms with E-state index in [2.05, 4.69) is 91.9 Å². The van der Waals surface area contributed by atoms with Gasteiger partial charge in [-0.15, -0.1) is 0 Å². The first-order chi connectivity index (χ1) is 18.1. The minimum atomic E-state index is -0.452. The molecule has 7 heteroatoms. The monoisotopic (exact) mass is 564 g/mol. The lowest BCUT2D eigenvalue weighted by Gasteiger charge is -2.42. The normalized spacial score (nSPS) is 24.5. The van der Waals surface area contributed by atoms with Gasteiger partial charge in [-0.2, -0.15) is 0 Å². The van der Waals surface area contributed by atoms with Gasteiger partial charge in [0.25, 0.3) is 0 Å². The van der Waals surface area contributed by atoms with Crippen LogP contribution in [0.5, 0.6) is 0 Å². The zero-order valence-electron chi connectivity index (χ0n) is 21.6. The molecular weight excluding hydrogens is 528 g/mol. The summed E-state index contributed by atoms with van der Waals surface area (Å²) in [7, 11) is 0. The highest BCUT2D eigenvalue weighted by Crippen LogP contribution is 2.49. The average Bonchev–Trinajstić information content (AvgIpc) is 3.54. The number of piperidine rings is 1. The summed E-state index contributed by atoms with van der Waals surface area (Å²) in [6.45, 7) is 8.08. The van der Waals surface area contributed by atoms with Crippen molar-refractivity contribution >= 4 is 15.9 Å². The lowest BCUT2D eigenvalue weighted by molar-refractivity contribution is -0.0426. The Morgan fingerprint density at radius 1 is 1.03 bits per heavy atom. The Morgan fingerprint density at radius 2 is 1.76 bits per heavy atom. The summed E-state index contributed by atoms with van der Waals surface area (Å²) in [6.07, 6.45) is 7.33. The third-order valence-corrected chi connectivity index (χ3v) is 9.58. The van der Waals surface area contributed by atoms with E-state index in [1.54, 1.807) is 0 Å². The molecule has 0 saturated carbocycles. The number of benzene rings is 2. The molecule has 3 aliphatic rings. The van der Waals surface area contributed by atoms with Crippen molar-refractivity contribution in [2.45, 2.75) is 50.4 Å². The van der Waals surface area contributed by atoms with Crippen LogP contribution in [0.4, 0.5) is 0 Å². The summed E-state index contributed by atoms with van der Waals surface area (Å²) in [6, 6.07) is 17.8. The van der Waals surface area contributed by atoms with Crippen molar-refractivity contribution in [3.8, 4) is 11.4 Å². The van der Waals surface area contributed by atoms with Crippen molar-refractivity contribution in [3.05, 3.63) is 76.5 Å². The van der Waals surface area contributed by atoms with Crippen LogP contribution in [-0.2, 0) is 10.3 Å². The lowest BCUT2D eigenvalue weighted by atomic mass is 9.79. The first kappa shape index (κ1) is 25.3. The number of fused-ring (bicyclic) bond motifs is 3. The Hall–Kier alpha value is -2.03. The quantitative estimate of drug-likeness (QED) is 0.440. The van der Waals surface area contributed by atoms with Crippen LogP contribution in [0.2, 0.25) is 0 Å². The van der Waals surface area contributed by atoms with E-state index in [-0.39, 0.29) is 5.54 Å². The van der Waals surface area contributed by atoms with Crippen molar-refractivity contribution in [2.24, 2.45) is 5.92 Å². The van der Waals surface area contributed by atoms with E-state index in [0.717, 1.165) is 69.0 Å². The van der Waals surface area contributed by atoms with Crippen LogP contribution in [0, 0.1) is 5.92 Å². The highest BCUT2D eigenvalue weighted by atomic mass is 79.9. The summed E-state index contributed by atoms with van der Waals surface area (Å²) in [5.41, 5.74) is 3.30. The van der Waals surface area contributed by atoms with E-state index in [1.165, 1.54) is 16.7 Å². The van der Waals surface area contributed by atoms with Gasteiger partial charge in [0.1, 0.15) is 12.1 Å². The predicted molar refractivity (Wildman–Crippen MR) is 149 cm³/mol. The zero-order chi connectivity index (χ0) is 25.4. The molecule has 0 bridgehead atoms. The largest absolute Gasteiger partial charge is 0.379 e. The van der Waals surface area contributed by atoms with Gasteiger partial charge >= 0.3 is 0 Å². The Morgan fingerprint density at radius 3 is 2.51 bits per heavy atom. The molecule has 196 valence electrons. The topological polar surface area (TPSA) is 53.8 Å². The first-order valence-electron chi connectivity index (χ1n) is 13.7. The molecule has 1 N–H and O–H groups in total. The number of aromatic nitrogens is 2. The molecule has 0 radical (unpaired) electrons. The van der Waals surface area contributed by atoms with Crippen LogP contribution in [0.25, 0.3) is 11.4 Å². The molecule has 6 rings (SSSR count). The van der Waals surface area contributed by atoms with Crippen LogP contribution in [0.3, 0.4) is 0 Å². The van der Waals surface area contributed by atoms with Gasteiger partial charge in [0.05, 0.1) is 18.8 Å². The second-order valence-corrected chi connectivity index (χ2v) is 11.7. The van der Waals surface area contributed by atoms with Gasteiger partial charge in [-0.25, -0.2) is 4.98 Å². The van der Waals surface area contributed by atoms with E-state index in [4.69, 9.17) is 9.72 Å². The number of halogens is 1. The molecule has 0 aliphatic carbocycles. The van der Waals surface area contributed by atoms with Gasteiger partial charge in [-0.1, -0.05) is 52.3 Å². The van der Waals surface area contributed by atoms with E-state index < -0.39 is 6.23 Å². The number of hydrogen-bond acceptors (Lipinski definition) is 5. The number of rotatable bonds is 7. The molecule has 2 aromatic carbocycles. The summed E-state index contributed by atoms with van der Waals surface area (Å²) in [4.78, 5) is 9.61. The first-order valence-corrected chi connectivity index (χ1v) is 14.5. The number of hydrogen-bond donors (Lipinski definition) is 1. The maximum Gasteiger partial charge on any atom is 0.141 e. The Kier molecular flexibility index (Phi) is 7.25. The standard InChI is InChI=1S/C30H37BrN4O2/c1-22(33-18-20-37-21-19-33)23-11-15-34(16-12-23)28(36)10-13-30(24-6-8-25(31)9-7-24)27-5-3-2-4-26(27)29-32-14-17-35(29)30/h2-9,14,17,22-23,28,36H,10-13,15-16,18-21H2,1H3. The number of ether oxygens (including phenoxy) is 1. The highest BCUT2D eigenvalue weighted by Gasteiger charge is 2.45. The lowest BCUT2D eigenvalue weighted by Crippen LogP contribution is -2.50. The van der Waals surface area contributed by atoms with Gasteiger partial charge in [0.15, 0.2) is 0 Å². The molecule has 6 nitrogen and oxygen atoms in total. The van der Waals surface area contributed by atoms with Crippen molar-refractivity contribution in [1.82, 2.24) is 19.4 Å². The van der Waals surface area contributed by atoms with E-state index in [1.807, 2.05) is 6.20 Å². The van der Waals surface area contributed by atoms with Crippen LogP contribution in [0.15, 0.2) is 65.4 Å². The number of nitrogens with zero attached hydrogens (tertiary/aromatic N) is 4. The van der Waals surface area contributed by atoms with Gasteiger partial charge < -0.3 is 14.4 Å². The minimum Gasteiger partial charge on any atom is -0.379 e. The molecule has 3 aromatic rings. The van der Waals surface area contributed by atoms with Gasteiger partial charge in [-0.3, -0.25) is 9.80 Å². The maximum atomic E-state index is 11.4. The molecule has 2 saturated heterocycles. The minimum absolute atomic E-state index is 0.382. The zero-order valence-corrected chi connectivity index (χ0v) is 23.2. The number of aliphatic hydroxyl groups is 1. The van der Waals surface area contributed by atoms with E-state index in [9.17, 15) is 5.11 Å². The van der Waals surface area contributed by atoms with Crippen molar-refractivity contribution in [2.75, 3.05) is 39.4 Å². The van der Waals surface area contributed by atoms with Gasteiger partial charge in [0.2, 0.25) is 0 Å². The summed E-state index contributed by atoms with van der Waals surface area (Å²) in [5, 5.41) is 11.4. The van der Waals surface area contributed by atoms with Crippen LogP contribution >= 0.6 is 15.9 Å². The van der Waals surface area contributed by atoms with E-state index >= 15 is 0 Å². The Balaban J connectivity index is 1.19. The maximum absolute atomic E-state index is 11.4. The fourth-order valence-corrected chi connectivity index (χ4v) is 7.17. The van der Waals surface area contributed by atoms with Crippen molar-refractivity contribution in [3.63, 3.8) is 0 Å². The second kappa shape index (κ2) is 10.6. The molecular formula is C30H37BrN4O2. The molecule has 2 fully saturated rings. The van der Waals surface area contributed by atoms with Crippen molar-refractivity contribution in [1.29, 1.82) is 0 Å². The molecule has 4 heterocycles. The Labute approximate surface area is 228 Å². The number of likely N-dealkylation sites (tertiary alicyclic amines) is 1. The molecule has 3 unspecified atom stereocenters. The molecule has 37 heavy (non-hydrogen) atoms. The summed E-state index contributed by atoms with van der Waals surface area (Å²) >= 11 is 3.61. The molecule has 3 aliphatic heterocycles. The third kappa shape index (κ3) is 4.59. The average molecular weight is 566 g/mol. The van der Waals surface area contributed by atoms with E-state index in [0.29, 0.717) is 18.4 Å². The highest BCUT2D eigenvalue weighted by molar-refractivity contribution is 9.10. The second-order valence-electron chi connectivity index (χ2n) is 10.8. The SMILES string of the molecule is CC(C1CCN(C(O)CCC2(c3ccc(Br)cc3)c3ccccc3-c3nccn32)CC1)N1CCOCC1. The fraction of sp³-hybridized carbons (Fsp3) is 0.500. The smallest absolute Gasteiger partial charge is 0.141 e. The van der Waals surface area contributed by atoms with Crippen LogP contribution < -0.4 is 0 Å². The summed E-state index contributed by atoms with van der Waals surface area (Å²) < 4.78 is 8.94. The molecule has 0 amide bonds. The fourth-order valence-electron chi connectivity index (χ4n) is 6.90. The van der Waals surface area contributed by atoms with Gasteiger partial charge in [0, 0.05) is 54.7 Å². The summed E-state index contributed by atoms with van der Waals surface area (Å²) in [5.74, 6) is 1.69. The van der Waals surface area contributed by atoms with Crippen LogP contribution in [0.1, 0.15) is 43.7 Å². The number of aliphatic hydroxyl groups excluding tert-OH is 1. The Bertz CT molecular complexity index is 1200.